The van der Waals surface area contributed by atoms with Gasteiger partial charge in [-0.2, -0.15) is 0 Å². The van der Waals surface area contributed by atoms with Crippen LogP contribution in [0.2, 0.25) is 0 Å². The van der Waals surface area contributed by atoms with Crippen LogP contribution in [0, 0.1) is 21.7 Å². The quantitative estimate of drug-likeness (QED) is 0.673. The summed E-state index contributed by atoms with van der Waals surface area (Å²) < 4.78 is 32.7. The molecule has 0 radical (unpaired) electrons. The lowest BCUT2D eigenvalue weighted by molar-refractivity contribution is -0.385. The van der Waals surface area contributed by atoms with Gasteiger partial charge in [-0.05, 0) is 7.05 Å². The average molecular weight is 287 g/mol. The van der Waals surface area contributed by atoms with Gasteiger partial charge in [0.15, 0.2) is 11.6 Å². The number of hydrogen-bond donors (Lipinski definition) is 1. The van der Waals surface area contributed by atoms with Gasteiger partial charge in [0.1, 0.15) is 5.69 Å². The Hall–Kier alpha value is -1.80. The Morgan fingerprint density at radius 2 is 2.15 bits per heavy atom. The van der Waals surface area contributed by atoms with Crippen LogP contribution in [0.5, 0.6) is 0 Å². The topological polar surface area (TPSA) is 67.6 Å². The number of morpholine rings is 1. The van der Waals surface area contributed by atoms with E-state index in [0.717, 1.165) is 6.54 Å². The Labute approximate surface area is 114 Å². The predicted molar refractivity (Wildman–Crippen MR) is 68.7 cm³/mol. The second-order valence-electron chi connectivity index (χ2n) is 4.68. The lowest BCUT2D eigenvalue weighted by Gasteiger charge is -2.30. The van der Waals surface area contributed by atoms with E-state index >= 15 is 0 Å². The first kappa shape index (κ1) is 14.6. The number of nitrogens with one attached hydrogen (secondary N) is 1. The molecule has 0 bridgehead atoms. The lowest BCUT2D eigenvalue weighted by atomic mass is 10.2. The number of hydrogen-bond acceptors (Lipinski definition) is 5. The number of nitro groups is 1. The number of ether oxygens (including phenoxy) is 1. The van der Waals surface area contributed by atoms with Gasteiger partial charge in [0.05, 0.1) is 29.8 Å². The molecule has 0 aliphatic carbocycles. The maximum absolute atomic E-state index is 13.6. The van der Waals surface area contributed by atoms with Gasteiger partial charge in [-0.15, -0.1) is 0 Å². The molecule has 1 heterocycles. The summed E-state index contributed by atoms with van der Waals surface area (Å²) in [7, 11) is 1.93. The molecule has 1 aliphatic heterocycles. The first-order valence-electron chi connectivity index (χ1n) is 6.15. The van der Waals surface area contributed by atoms with E-state index in [-0.39, 0.29) is 18.3 Å². The van der Waals surface area contributed by atoms with E-state index in [0.29, 0.717) is 25.3 Å². The van der Waals surface area contributed by atoms with Crippen LogP contribution in [0.4, 0.5) is 20.2 Å². The van der Waals surface area contributed by atoms with E-state index < -0.39 is 22.2 Å². The highest BCUT2D eigenvalue weighted by Gasteiger charge is 2.20. The maximum atomic E-state index is 13.6. The van der Waals surface area contributed by atoms with E-state index in [4.69, 9.17) is 4.74 Å². The zero-order valence-corrected chi connectivity index (χ0v) is 10.9. The lowest BCUT2D eigenvalue weighted by Crippen LogP contribution is -2.43. The van der Waals surface area contributed by atoms with Crippen molar-refractivity contribution in [2.24, 2.45) is 0 Å². The average Bonchev–Trinajstić information content (AvgIpc) is 2.37. The molecule has 110 valence electrons. The molecule has 20 heavy (non-hydrogen) atoms. The van der Waals surface area contributed by atoms with E-state index in [1.807, 2.05) is 7.05 Å². The number of rotatable bonds is 4. The molecule has 8 heteroatoms. The number of halogens is 2. The maximum Gasteiger partial charge on any atom is 0.275 e. The monoisotopic (exact) mass is 287 g/mol. The van der Waals surface area contributed by atoms with Gasteiger partial charge in [0.25, 0.3) is 5.69 Å². The van der Waals surface area contributed by atoms with Crippen LogP contribution in [0.25, 0.3) is 0 Å². The smallest absolute Gasteiger partial charge is 0.275 e. The van der Waals surface area contributed by atoms with Crippen molar-refractivity contribution in [1.29, 1.82) is 0 Å². The van der Waals surface area contributed by atoms with E-state index in [2.05, 4.69) is 10.2 Å². The van der Waals surface area contributed by atoms with Gasteiger partial charge in [-0.25, -0.2) is 8.78 Å². The summed E-state index contributed by atoms with van der Waals surface area (Å²) in [6.07, 6.45) is -0.178. The first-order chi connectivity index (χ1) is 9.47. The Morgan fingerprint density at radius 3 is 2.70 bits per heavy atom. The largest absolute Gasteiger partial charge is 0.378 e. The van der Waals surface area contributed by atoms with Crippen LogP contribution in [0.1, 0.15) is 0 Å². The van der Waals surface area contributed by atoms with Crippen LogP contribution in [-0.2, 0) is 4.74 Å². The summed E-state index contributed by atoms with van der Waals surface area (Å²) in [5.74, 6) is -1.97. The minimum absolute atomic E-state index is 0.178. The summed E-state index contributed by atoms with van der Waals surface area (Å²) in [5.41, 5.74) is -0.980. The molecule has 6 nitrogen and oxygen atoms in total. The molecular weight excluding hydrogens is 272 g/mol. The Kier molecular flexibility index (Phi) is 4.46. The van der Waals surface area contributed by atoms with Crippen LogP contribution in [-0.4, -0.2) is 49.2 Å². The van der Waals surface area contributed by atoms with Crippen molar-refractivity contribution in [3.8, 4) is 0 Å². The summed E-state index contributed by atoms with van der Waals surface area (Å²) in [4.78, 5) is 11.7. The third-order valence-electron chi connectivity index (χ3n) is 3.09. The fourth-order valence-electron chi connectivity index (χ4n) is 2.04. The summed E-state index contributed by atoms with van der Waals surface area (Å²) in [6, 6.07) is 1.39. The van der Waals surface area contributed by atoms with Gasteiger partial charge in [0.2, 0.25) is 0 Å². The molecule has 0 aromatic heterocycles. The SMILES string of the molecule is CN1CCOC(CNc2c(F)cc([N+](=O)[O-])cc2F)C1. The molecule has 1 fully saturated rings. The molecule has 2 rings (SSSR count). The number of benzene rings is 1. The molecule has 1 aliphatic rings. The van der Waals surface area contributed by atoms with Crippen molar-refractivity contribution < 1.29 is 18.4 Å². The van der Waals surface area contributed by atoms with Crippen molar-refractivity contribution in [3.05, 3.63) is 33.9 Å². The van der Waals surface area contributed by atoms with Crippen molar-refractivity contribution in [2.75, 3.05) is 38.6 Å². The normalized spacial score (nSPS) is 19.9. The molecule has 1 aromatic rings. The van der Waals surface area contributed by atoms with Gasteiger partial charge in [-0.1, -0.05) is 0 Å². The van der Waals surface area contributed by atoms with E-state index in [1.54, 1.807) is 0 Å². The summed E-state index contributed by atoms with van der Waals surface area (Å²) >= 11 is 0. The zero-order chi connectivity index (χ0) is 14.7. The van der Waals surface area contributed by atoms with Gasteiger partial charge in [-0.3, -0.25) is 10.1 Å². The number of non-ortho nitro benzene ring substituents is 1. The van der Waals surface area contributed by atoms with Crippen molar-refractivity contribution in [3.63, 3.8) is 0 Å². The number of nitrogens with zero attached hydrogens (tertiary/aromatic N) is 2. The molecule has 1 atom stereocenters. The molecule has 1 unspecified atom stereocenters. The van der Waals surface area contributed by atoms with E-state index in [9.17, 15) is 18.9 Å². The summed E-state index contributed by atoms with van der Waals surface area (Å²) in [5, 5.41) is 13.1. The molecule has 1 aromatic carbocycles. The van der Waals surface area contributed by atoms with Crippen molar-refractivity contribution in [1.82, 2.24) is 4.90 Å². The van der Waals surface area contributed by atoms with Crippen LogP contribution in [0.15, 0.2) is 12.1 Å². The highest BCUT2D eigenvalue weighted by molar-refractivity contribution is 5.51. The number of likely N-dealkylation sites (N-methyl/N-ethyl adjacent to an activating group) is 1. The standard InChI is InChI=1S/C12H15F2N3O3/c1-16-2-3-20-9(7-16)6-15-12-10(13)4-8(17(18)19)5-11(12)14/h4-5,9,15H,2-3,6-7H2,1H3. The second-order valence-corrected chi connectivity index (χ2v) is 4.68. The fraction of sp³-hybridized carbons (Fsp3) is 0.500. The first-order valence-corrected chi connectivity index (χ1v) is 6.15. The molecule has 0 spiro atoms. The minimum atomic E-state index is -0.985. The number of anilines is 1. The third-order valence-corrected chi connectivity index (χ3v) is 3.09. The van der Waals surface area contributed by atoms with Crippen LogP contribution >= 0.6 is 0 Å². The predicted octanol–water partition coefficient (Wildman–Crippen LogP) is 1.62. The highest BCUT2D eigenvalue weighted by atomic mass is 19.1. The minimum Gasteiger partial charge on any atom is -0.378 e. The molecular formula is C12H15F2N3O3. The van der Waals surface area contributed by atoms with Gasteiger partial charge < -0.3 is 15.0 Å². The van der Waals surface area contributed by atoms with Crippen molar-refractivity contribution >= 4 is 11.4 Å². The van der Waals surface area contributed by atoms with E-state index in [1.165, 1.54) is 0 Å². The summed E-state index contributed by atoms with van der Waals surface area (Å²) in [6.45, 7) is 2.27. The van der Waals surface area contributed by atoms with Gasteiger partial charge >= 0.3 is 0 Å². The van der Waals surface area contributed by atoms with Gasteiger partial charge in [0, 0.05) is 19.6 Å². The van der Waals surface area contributed by atoms with Crippen molar-refractivity contribution in [2.45, 2.75) is 6.10 Å². The van der Waals surface area contributed by atoms with Crippen LogP contribution < -0.4 is 5.32 Å². The fourth-order valence-corrected chi connectivity index (χ4v) is 2.04. The molecule has 0 saturated carbocycles. The molecule has 1 saturated heterocycles. The Morgan fingerprint density at radius 1 is 1.50 bits per heavy atom. The molecule has 0 amide bonds. The Balaban J connectivity index is 2.04. The Bertz CT molecular complexity index is 490. The zero-order valence-electron chi connectivity index (χ0n) is 10.9. The highest BCUT2D eigenvalue weighted by Crippen LogP contribution is 2.24. The molecule has 1 N–H and O–H groups in total. The van der Waals surface area contributed by atoms with Crippen LogP contribution in [0.3, 0.4) is 0 Å². The third kappa shape index (κ3) is 3.40. The number of nitro benzene ring substituents is 1. The second kappa shape index (κ2) is 6.10.